The van der Waals surface area contributed by atoms with Crippen LogP contribution in [0.4, 0.5) is 28.9 Å². The lowest BCUT2D eigenvalue weighted by Crippen LogP contribution is -2.24. The van der Waals surface area contributed by atoms with Gasteiger partial charge in [-0.2, -0.15) is 23.5 Å². The van der Waals surface area contributed by atoms with E-state index in [1.54, 1.807) is 6.07 Å². The van der Waals surface area contributed by atoms with Gasteiger partial charge in [0.05, 0.1) is 29.4 Å². The number of carbonyl (C=O) groups is 1. The van der Waals surface area contributed by atoms with Crippen LogP contribution in [0.2, 0.25) is 0 Å². The summed E-state index contributed by atoms with van der Waals surface area (Å²) in [7, 11) is -3.79. The van der Waals surface area contributed by atoms with E-state index in [9.17, 15) is 30.8 Å². The van der Waals surface area contributed by atoms with Gasteiger partial charge in [-0.1, -0.05) is 0 Å². The van der Waals surface area contributed by atoms with Crippen LogP contribution in [0.15, 0.2) is 17.2 Å². The highest BCUT2D eigenvalue weighted by molar-refractivity contribution is 7.92. The summed E-state index contributed by atoms with van der Waals surface area (Å²) in [5.74, 6) is -3.36. The molecule has 0 heterocycles. The van der Waals surface area contributed by atoms with Crippen molar-refractivity contribution < 1.29 is 30.8 Å². The maximum Gasteiger partial charge on any atom is 0.455 e. The normalized spacial score (nSPS) is 12.0. The minimum atomic E-state index is -5.13. The van der Waals surface area contributed by atoms with E-state index in [0.717, 1.165) is 12.3 Å². The average molecular weight is 352 g/mol. The molecule has 0 fully saturated rings. The molecule has 12 heteroatoms. The Kier molecular flexibility index (Phi) is 5.28. The Morgan fingerprint density at radius 3 is 2.43 bits per heavy atom. The van der Waals surface area contributed by atoms with E-state index < -0.39 is 33.5 Å². The Morgan fingerprint density at radius 1 is 1.35 bits per heavy atom. The molecule has 0 saturated heterocycles. The Balaban J connectivity index is 3.09. The van der Waals surface area contributed by atoms with Crippen molar-refractivity contribution >= 4 is 33.4 Å². The number of rotatable bonds is 5. The van der Waals surface area contributed by atoms with Gasteiger partial charge in [0, 0.05) is 0 Å². The summed E-state index contributed by atoms with van der Waals surface area (Å²) < 4.78 is 73.7. The second kappa shape index (κ2) is 6.61. The lowest BCUT2D eigenvalue weighted by atomic mass is 10.2. The van der Waals surface area contributed by atoms with Crippen LogP contribution in [0.25, 0.3) is 0 Å². The maximum atomic E-state index is 13.6. The van der Waals surface area contributed by atoms with E-state index in [-0.39, 0.29) is 17.5 Å². The number of alkyl halides is 3. The van der Waals surface area contributed by atoms with Crippen LogP contribution in [-0.4, -0.2) is 32.8 Å². The molecule has 1 aromatic rings. The van der Waals surface area contributed by atoms with E-state index in [2.05, 4.69) is 5.10 Å². The average Bonchev–Trinajstić information content (AvgIpc) is 2.38. The van der Waals surface area contributed by atoms with Gasteiger partial charge >= 0.3 is 6.18 Å². The third-order valence-electron chi connectivity index (χ3n) is 2.17. The standard InChI is InChI=1S/C11H8F4N4O3S/c1-23(21,22)19-8-3-9(7(12)2-6(8)4-16)18-17-5-10(20)11(13,14)15/h2-3,5,18-19H,1H3/b17-5+. The number of halogens is 4. The second-order valence-electron chi connectivity index (χ2n) is 4.10. The van der Waals surface area contributed by atoms with E-state index in [1.807, 2.05) is 10.1 Å². The second-order valence-corrected chi connectivity index (χ2v) is 5.84. The molecule has 0 unspecified atom stereocenters. The first-order valence-corrected chi connectivity index (χ1v) is 7.45. The zero-order valence-electron chi connectivity index (χ0n) is 11.3. The minimum Gasteiger partial charge on any atom is -0.283 e. The molecule has 0 aromatic heterocycles. The molecule has 0 aliphatic rings. The summed E-state index contributed by atoms with van der Waals surface area (Å²) in [6.45, 7) is 0. The van der Waals surface area contributed by atoms with Crippen molar-refractivity contribution in [3.05, 3.63) is 23.5 Å². The number of nitrogens with zero attached hydrogens (tertiary/aromatic N) is 2. The lowest BCUT2D eigenvalue weighted by Gasteiger charge is -2.09. The quantitative estimate of drug-likeness (QED) is 0.475. The van der Waals surface area contributed by atoms with Crippen LogP contribution in [0, 0.1) is 17.1 Å². The summed E-state index contributed by atoms with van der Waals surface area (Å²) in [5, 5.41) is 11.7. The molecule has 1 rings (SSSR count). The first-order chi connectivity index (χ1) is 10.4. The third kappa shape index (κ3) is 5.55. The summed E-state index contributed by atoms with van der Waals surface area (Å²) >= 11 is 0. The summed E-state index contributed by atoms with van der Waals surface area (Å²) in [6, 6.07) is 3.00. The van der Waals surface area contributed by atoms with Gasteiger partial charge in [0.15, 0.2) is 0 Å². The highest BCUT2D eigenvalue weighted by Gasteiger charge is 2.36. The molecule has 0 aliphatic heterocycles. The molecule has 23 heavy (non-hydrogen) atoms. The van der Waals surface area contributed by atoms with Crippen molar-refractivity contribution in [1.29, 1.82) is 5.26 Å². The molecule has 0 bridgehead atoms. The van der Waals surface area contributed by atoms with E-state index >= 15 is 0 Å². The number of Topliss-reactive ketones (excluding diaryl/α,β-unsaturated/α-hetero) is 1. The van der Waals surface area contributed by atoms with Gasteiger partial charge in [0.2, 0.25) is 10.0 Å². The Hall–Kier alpha value is -2.68. The topological polar surface area (TPSA) is 111 Å². The fourth-order valence-corrected chi connectivity index (χ4v) is 1.84. The van der Waals surface area contributed by atoms with Crippen molar-refractivity contribution in [1.82, 2.24) is 0 Å². The first kappa shape index (κ1) is 18.4. The highest BCUT2D eigenvalue weighted by Crippen LogP contribution is 2.25. The molecule has 7 nitrogen and oxygen atoms in total. The minimum absolute atomic E-state index is 0.110. The molecule has 0 atom stereocenters. The first-order valence-electron chi connectivity index (χ1n) is 5.55. The highest BCUT2D eigenvalue weighted by atomic mass is 32.2. The zero-order valence-corrected chi connectivity index (χ0v) is 12.1. The van der Waals surface area contributed by atoms with Gasteiger partial charge in [0.1, 0.15) is 11.9 Å². The van der Waals surface area contributed by atoms with Crippen LogP contribution in [-0.2, 0) is 14.8 Å². The molecule has 0 spiro atoms. The molecule has 0 radical (unpaired) electrons. The Morgan fingerprint density at radius 2 is 1.96 bits per heavy atom. The number of sulfonamides is 1. The predicted octanol–water partition coefficient (Wildman–Crippen LogP) is 1.60. The maximum absolute atomic E-state index is 13.6. The number of nitrogens with one attached hydrogen (secondary N) is 2. The zero-order chi connectivity index (χ0) is 17.8. The smallest absolute Gasteiger partial charge is 0.283 e. The number of hydrogen-bond donors (Lipinski definition) is 2. The molecule has 1 aromatic carbocycles. The summed E-state index contributed by atoms with van der Waals surface area (Å²) in [4.78, 5) is 10.6. The van der Waals surface area contributed by atoms with E-state index in [0.29, 0.717) is 6.07 Å². The molecule has 0 aliphatic carbocycles. The van der Waals surface area contributed by atoms with Crippen molar-refractivity contribution in [2.45, 2.75) is 6.18 Å². The van der Waals surface area contributed by atoms with Crippen LogP contribution in [0.5, 0.6) is 0 Å². The van der Waals surface area contributed by atoms with E-state index in [4.69, 9.17) is 5.26 Å². The number of nitriles is 1. The van der Waals surface area contributed by atoms with E-state index in [1.165, 1.54) is 0 Å². The Bertz CT molecular complexity index is 797. The van der Waals surface area contributed by atoms with Crippen molar-refractivity contribution in [2.75, 3.05) is 16.4 Å². The fourth-order valence-electron chi connectivity index (χ4n) is 1.27. The SMILES string of the molecule is CS(=O)(=O)Nc1cc(N/N=C/C(=O)C(F)(F)F)c(F)cc1C#N. The molecule has 0 amide bonds. The predicted molar refractivity (Wildman–Crippen MR) is 72.8 cm³/mol. The number of hydrazone groups is 1. The van der Waals surface area contributed by atoms with Crippen LogP contribution >= 0.6 is 0 Å². The monoisotopic (exact) mass is 352 g/mol. The lowest BCUT2D eigenvalue weighted by molar-refractivity contribution is -0.162. The van der Waals surface area contributed by atoms with Gasteiger partial charge in [-0.05, 0) is 12.1 Å². The van der Waals surface area contributed by atoms with Crippen LogP contribution in [0.1, 0.15) is 5.56 Å². The van der Waals surface area contributed by atoms with Gasteiger partial charge < -0.3 is 0 Å². The number of anilines is 2. The number of benzene rings is 1. The van der Waals surface area contributed by atoms with Gasteiger partial charge in [-0.3, -0.25) is 14.9 Å². The molecule has 0 saturated carbocycles. The van der Waals surface area contributed by atoms with Crippen LogP contribution in [0.3, 0.4) is 0 Å². The van der Waals surface area contributed by atoms with Crippen molar-refractivity contribution in [2.24, 2.45) is 5.10 Å². The molecule has 2 N–H and O–H groups in total. The largest absolute Gasteiger partial charge is 0.455 e. The third-order valence-corrected chi connectivity index (χ3v) is 2.76. The van der Waals surface area contributed by atoms with Crippen LogP contribution < -0.4 is 10.1 Å². The number of carbonyl (C=O) groups excluding carboxylic acids is 1. The van der Waals surface area contributed by atoms with Crippen molar-refractivity contribution in [3.8, 4) is 6.07 Å². The molecular formula is C11H8F4N4O3S. The summed E-state index contributed by atoms with van der Waals surface area (Å²) in [6.07, 6.45) is -4.45. The number of hydrogen-bond acceptors (Lipinski definition) is 6. The Labute approximate surface area is 127 Å². The number of ketones is 1. The van der Waals surface area contributed by atoms with Gasteiger partial charge in [-0.15, -0.1) is 0 Å². The van der Waals surface area contributed by atoms with Crippen molar-refractivity contribution in [3.63, 3.8) is 0 Å². The fraction of sp³-hybridized carbons (Fsp3) is 0.182. The summed E-state index contributed by atoms with van der Waals surface area (Å²) in [5.41, 5.74) is 0.620. The molecular weight excluding hydrogens is 344 g/mol. The molecule has 124 valence electrons. The van der Waals surface area contributed by atoms with Gasteiger partial charge in [0.25, 0.3) is 5.78 Å². The van der Waals surface area contributed by atoms with Gasteiger partial charge in [-0.25, -0.2) is 12.8 Å².